The fourth-order valence-corrected chi connectivity index (χ4v) is 3.92. The second-order valence-corrected chi connectivity index (χ2v) is 8.06. The molecule has 0 aliphatic carbocycles. The molecular weight excluding hydrogens is 420 g/mol. The van der Waals surface area contributed by atoms with E-state index in [0.717, 1.165) is 22.5 Å². The Hall–Kier alpha value is -3.84. The molecule has 0 saturated carbocycles. The molecule has 0 aliphatic heterocycles. The molecule has 32 heavy (non-hydrogen) atoms. The molecule has 6 nitrogen and oxygen atoms in total. The van der Waals surface area contributed by atoms with Gasteiger partial charge in [-0.25, -0.2) is 4.98 Å². The minimum atomic E-state index is -0.162. The van der Waals surface area contributed by atoms with Gasteiger partial charge in [0.1, 0.15) is 0 Å². The molecule has 3 N–H and O–H groups in total. The average Bonchev–Trinajstić information content (AvgIpc) is 3.23. The van der Waals surface area contributed by atoms with Crippen LogP contribution in [0.1, 0.15) is 6.92 Å². The Kier molecular flexibility index (Phi) is 6.67. The van der Waals surface area contributed by atoms with Crippen molar-refractivity contribution >= 4 is 35.0 Å². The van der Waals surface area contributed by atoms with E-state index in [-0.39, 0.29) is 17.6 Å². The molecule has 2 amide bonds. The molecule has 0 fully saturated rings. The summed E-state index contributed by atoms with van der Waals surface area (Å²) in [5.41, 5.74) is 5.06. The lowest BCUT2D eigenvalue weighted by Gasteiger charge is -2.07. The van der Waals surface area contributed by atoms with E-state index in [9.17, 15) is 9.59 Å². The van der Waals surface area contributed by atoms with Crippen LogP contribution in [0, 0.1) is 0 Å². The lowest BCUT2D eigenvalue weighted by molar-refractivity contribution is -0.114. The smallest absolute Gasteiger partial charge is 0.234 e. The maximum Gasteiger partial charge on any atom is 0.234 e. The van der Waals surface area contributed by atoms with Gasteiger partial charge in [-0.05, 0) is 18.2 Å². The van der Waals surface area contributed by atoms with Crippen molar-refractivity contribution in [3.8, 4) is 22.5 Å². The van der Waals surface area contributed by atoms with Gasteiger partial charge in [0.15, 0.2) is 5.16 Å². The van der Waals surface area contributed by atoms with E-state index < -0.39 is 0 Å². The van der Waals surface area contributed by atoms with Gasteiger partial charge in [0.05, 0.1) is 17.1 Å². The van der Waals surface area contributed by atoms with E-state index in [2.05, 4.69) is 15.6 Å². The SMILES string of the molecule is CC(=O)Nc1cccc(NC(=O)CSc2nc(-c3ccccc3)c(-c3ccccc3)[nH]2)c1. The fourth-order valence-electron chi connectivity index (χ4n) is 3.25. The third kappa shape index (κ3) is 5.44. The van der Waals surface area contributed by atoms with Gasteiger partial charge in [-0.1, -0.05) is 78.5 Å². The largest absolute Gasteiger partial charge is 0.332 e. The molecule has 0 aliphatic rings. The van der Waals surface area contributed by atoms with Gasteiger partial charge >= 0.3 is 0 Å². The quantitative estimate of drug-likeness (QED) is 0.333. The molecule has 1 aromatic heterocycles. The van der Waals surface area contributed by atoms with E-state index in [1.165, 1.54) is 18.7 Å². The van der Waals surface area contributed by atoms with Crippen LogP contribution in [0.2, 0.25) is 0 Å². The molecule has 0 atom stereocenters. The molecule has 3 aromatic carbocycles. The van der Waals surface area contributed by atoms with Crippen molar-refractivity contribution in [2.45, 2.75) is 12.1 Å². The number of rotatable bonds is 7. The minimum absolute atomic E-state index is 0.158. The highest BCUT2D eigenvalue weighted by molar-refractivity contribution is 7.99. The number of imidazole rings is 1. The summed E-state index contributed by atoms with van der Waals surface area (Å²) in [5.74, 6) is -0.125. The summed E-state index contributed by atoms with van der Waals surface area (Å²) in [4.78, 5) is 31.9. The second kappa shape index (κ2) is 9.98. The predicted octanol–water partition coefficient (Wildman–Crippen LogP) is 5.43. The van der Waals surface area contributed by atoms with Crippen molar-refractivity contribution in [3.05, 3.63) is 84.9 Å². The van der Waals surface area contributed by atoms with Gasteiger partial charge in [0.2, 0.25) is 11.8 Å². The summed E-state index contributed by atoms with van der Waals surface area (Å²) in [6, 6.07) is 27.0. The van der Waals surface area contributed by atoms with Gasteiger partial charge in [-0.3, -0.25) is 9.59 Å². The van der Waals surface area contributed by atoms with Crippen molar-refractivity contribution in [3.63, 3.8) is 0 Å². The summed E-state index contributed by atoms with van der Waals surface area (Å²) in [6.07, 6.45) is 0. The van der Waals surface area contributed by atoms with Crippen LogP contribution >= 0.6 is 11.8 Å². The second-order valence-electron chi connectivity index (χ2n) is 7.10. The first-order chi connectivity index (χ1) is 15.6. The molecule has 1 heterocycles. The Morgan fingerprint density at radius 2 is 1.47 bits per heavy atom. The van der Waals surface area contributed by atoms with E-state index in [4.69, 9.17) is 4.98 Å². The standard InChI is InChI=1S/C25H22N4O2S/c1-17(30)26-20-13-8-14-21(15-20)27-22(31)16-32-25-28-23(18-9-4-2-5-10-18)24(29-25)19-11-6-3-7-12-19/h2-15H,16H2,1H3,(H,26,30)(H,27,31)(H,28,29). The van der Waals surface area contributed by atoms with Crippen molar-refractivity contribution in [1.29, 1.82) is 0 Å². The predicted molar refractivity (Wildman–Crippen MR) is 130 cm³/mol. The number of aromatic amines is 1. The van der Waals surface area contributed by atoms with Crippen molar-refractivity contribution in [1.82, 2.24) is 9.97 Å². The Bertz CT molecular complexity index is 1170. The zero-order valence-corrected chi connectivity index (χ0v) is 18.3. The zero-order valence-electron chi connectivity index (χ0n) is 17.5. The van der Waals surface area contributed by atoms with Gasteiger partial charge in [-0.15, -0.1) is 0 Å². The molecule has 4 aromatic rings. The number of anilines is 2. The molecule has 7 heteroatoms. The Morgan fingerprint density at radius 1 is 0.844 bits per heavy atom. The lowest BCUT2D eigenvalue weighted by atomic mass is 10.1. The summed E-state index contributed by atoms with van der Waals surface area (Å²) in [5, 5.41) is 6.23. The van der Waals surface area contributed by atoms with Crippen LogP contribution in [0.5, 0.6) is 0 Å². The number of nitrogens with one attached hydrogen (secondary N) is 3. The van der Waals surface area contributed by atoms with Crippen LogP contribution in [0.25, 0.3) is 22.5 Å². The van der Waals surface area contributed by atoms with Gasteiger partial charge < -0.3 is 15.6 Å². The number of hydrogen-bond acceptors (Lipinski definition) is 4. The van der Waals surface area contributed by atoms with Gasteiger partial charge in [-0.2, -0.15) is 0 Å². The van der Waals surface area contributed by atoms with Crippen LogP contribution in [-0.2, 0) is 9.59 Å². The topological polar surface area (TPSA) is 86.9 Å². The third-order valence-corrected chi connectivity index (χ3v) is 5.47. The first-order valence-corrected chi connectivity index (χ1v) is 11.1. The summed E-state index contributed by atoms with van der Waals surface area (Å²) in [6.45, 7) is 1.44. The number of hydrogen-bond donors (Lipinski definition) is 3. The van der Waals surface area contributed by atoms with Crippen LogP contribution in [0.3, 0.4) is 0 Å². The molecule has 0 bridgehead atoms. The van der Waals surface area contributed by atoms with E-state index >= 15 is 0 Å². The molecular formula is C25H22N4O2S. The number of H-pyrrole nitrogens is 1. The minimum Gasteiger partial charge on any atom is -0.332 e. The first kappa shape index (κ1) is 21.4. The van der Waals surface area contributed by atoms with E-state index in [0.29, 0.717) is 16.5 Å². The number of carbonyl (C=O) groups excluding carboxylic acids is 2. The molecule has 0 unspecified atom stereocenters. The highest BCUT2D eigenvalue weighted by atomic mass is 32.2. The summed E-state index contributed by atoms with van der Waals surface area (Å²) >= 11 is 1.34. The van der Waals surface area contributed by atoms with Crippen molar-refractivity contribution in [2.24, 2.45) is 0 Å². The van der Waals surface area contributed by atoms with Gasteiger partial charge in [0.25, 0.3) is 0 Å². The third-order valence-electron chi connectivity index (χ3n) is 4.60. The number of amides is 2. The maximum atomic E-state index is 12.5. The molecule has 160 valence electrons. The van der Waals surface area contributed by atoms with E-state index in [1.807, 2.05) is 60.7 Å². The number of carbonyl (C=O) groups is 2. The first-order valence-electron chi connectivity index (χ1n) is 10.1. The normalized spacial score (nSPS) is 10.5. The number of nitrogens with zero attached hydrogens (tertiary/aromatic N) is 1. The summed E-state index contributed by atoms with van der Waals surface area (Å²) in [7, 11) is 0. The Balaban J connectivity index is 1.48. The Labute approximate surface area is 190 Å². The molecule has 4 rings (SSSR count). The number of benzene rings is 3. The zero-order chi connectivity index (χ0) is 22.3. The molecule has 0 spiro atoms. The Morgan fingerprint density at radius 3 is 2.12 bits per heavy atom. The van der Waals surface area contributed by atoms with E-state index in [1.54, 1.807) is 24.3 Å². The van der Waals surface area contributed by atoms with Crippen LogP contribution in [0.4, 0.5) is 11.4 Å². The number of thioether (sulfide) groups is 1. The molecule has 0 saturated heterocycles. The molecule has 0 radical (unpaired) electrons. The fraction of sp³-hybridized carbons (Fsp3) is 0.0800. The highest BCUT2D eigenvalue weighted by Gasteiger charge is 2.15. The van der Waals surface area contributed by atoms with Crippen LogP contribution in [-0.4, -0.2) is 27.5 Å². The van der Waals surface area contributed by atoms with Crippen molar-refractivity contribution < 1.29 is 9.59 Å². The number of aromatic nitrogens is 2. The maximum absolute atomic E-state index is 12.5. The van der Waals surface area contributed by atoms with Crippen LogP contribution in [0.15, 0.2) is 90.1 Å². The van der Waals surface area contributed by atoms with Crippen molar-refractivity contribution in [2.75, 3.05) is 16.4 Å². The highest BCUT2D eigenvalue weighted by Crippen LogP contribution is 2.32. The van der Waals surface area contributed by atoms with Crippen LogP contribution < -0.4 is 10.6 Å². The summed E-state index contributed by atoms with van der Waals surface area (Å²) < 4.78 is 0. The van der Waals surface area contributed by atoms with Gasteiger partial charge in [0, 0.05) is 29.4 Å². The lowest BCUT2D eigenvalue weighted by Crippen LogP contribution is -2.14. The monoisotopic (exact) mass is 442 g/mol. The average molecular weight is 443 g/mol.